The third-order valence-electron chi connectivity index (χ3n) is 3.87. The Hall–Kier alpha value is -0.840. The van der Waals surface area contributed by atoms with Crippen LogP contribution in [0.15, 0.2) is 51.4 Å². The fourth-order valence-corrected chi connectivity index (χ4v) is 3.99. The van der Waals surface area contributed by atoms with E-state index < -0.39 is 0 Å². The molecule has 0 heterocycles. The lowest BCUT2D eigenvalue weighted by atomic mass is 10.1. The summed E-state index contributed by atoms with van der Waals surface area (Å²) >= 11 is 7.23. The molecule has 130 valence electrons. The molecule has 0 aliphatic heterocycles. The molecule has 0 aliphatic carbocycles. The van der Waals surface area contributed by atoms with Gasteiger partial charge >= 0.3 is 0 Å². The van der Waals surface area contributed by atoms with Gasteiger partial charge in [-0.1, -0.05) is 37.3 Å². The highest BCUT2D eigenvalue weighted by atomic mass is 79.9. The Labute approximate surface area is 162 Å². The molecule has 0 saturated carbocycles. The Bertz CT molecular complexity index is 608. The minimum atomic E-state index is 0.471. The van der Waals surface area contributed by atoms with E-state index in [1.54, 1.807) is 0 Å². The van der Waals surface area contributed by atoms with Crippen molar-refractivity contribution in [3.8, 4) is 5.75 Å². The van der Waals surface area contributed by atoms with Crippen molar-refractivity contribution in [3.63, 3.8) is 0 Å². The average molecular weight is 455 g/mol. The lowest BCUT2D eigenvalue weighted by Gasteiger charge is -2.16. The van der Waals surface area contributed by atoms with Gasteiger partial charge in [0.1, 0.15) is 5.75 Å². The minimum Gasteiger partial charge on any atom is -0.491 e. The summed E-state index contributed by atoms with van der Waals surface area (Å²) < 4.78 is 7.77. The third kappa shape index (κ3) is 6.23. The van der Waals surface area contributed by atoms with Crippen molar-refractivity contribution in [3.05, 3.63) is 62.5 Å². The van der Waals surface area contributed by atoms with Gasteiger partial charge in [0.25, 0.3) is 0 Å². The van der Waals surface area contributed by atoms with Crippen molar-refractivity contribution < 1.29 is 4.74 Å². The van der Waals surface area contributed by atoms with Gasteiger partial charge in [-0.05, 0) is 81.3 Å². The molecule has 0 fully saturated rings. The van der Waals surface area contributed by atoms with E-state index in [0.29, 0.717) is 6.04 Å². The number of aryl methyl sites for hydroxylation is 1. The fraction of sp³-hybridized carbons (Fsp3) is 0.400. The predicted octanol–water partition coefficient (Wildman–Crippen LogP) is 6.11. The third-order valence-corrected chi connectivity index (χ3v) is 5.05. The molecule has 2 nitrogen and oxygen atoms in total. The van der Waals surface area contributed by atoms with E-state index in [-0.39, 0.29) is 0 Å². The predicted molar refractivity (Wildman–Crippen MR) is 109 cm³/mol. The summed E-state index contributed by atoms with van der Waals surface area (Å²) in [6.45, 7) is 5.93. The van der Waals surface area contributed by atoms with Crippen LogP contribution >= 0.6 is 31.9 Å². The first-order valence-corrected chi connectivity index (χ1v) is 10.1. The van der Waals surface area contributed by atoms with Crippen molar-refractivity contribution in [2.45, 2.75) is 45.7 Å². The highest BCUT2D eigenvalue weighted by Crippen LogP contribution is 2.34. The Balaban J connectivity index is 1.85. The fourth-order valence-electron chi connectivity index (χ4n) is 2.48. The first-order valence-electron chi connectivity index (χ1n) is 8.48. The number of benzene rings is 2. The smallest absolute Gasteiger partial charge is 0.147 e. The van der Waals surface area contributed by atoms with Gasteiger partial charge in [-0.15, -0.1) is 0 Å². The topological polar surface area (TPSA) is 21.3 Å². The summed E-state index contributed by atoms with van der Waals surface area (Å²) in [5.74, 6) is 0.887. The highest BCUT2D eigenvalue weighted by Gasteiger charge is 2.10. The van der Waals surface area contributed by atoms with E-state index in [1.165, 1.54) is 11.1 Å². The van der Waals surface area contributed by atoms with E-state index >= 15 is 0 Å². The van der Waals surface area contributed by atoms with Crippen LogP contribution in [0.3, 0.4) is 0 Å². The maximum atomic E-state index is 5.77. The maximum absolute atomic E-state index is 5.77. The van der Waals surface area contributed by atoms with E-state index in [2.05, 4.69) is 93.5 Å². The van der Waals surface area contributed by atoms with Gasteiger partial charge in [-0.25, -0.2) is 0 Å². The first-order chi connectivity index (χ1) is 11.6. The Morgan fingerprint density at radius 2 is 1.71 bits per heavy atom. The molecule has 2 rings (SSSR count). The first kappa shape index (κ1) is 19.5. The molecular weight excluding hydrogens is 430 g/mol. The number of rotatable bonds is 9. The molecule has 24 heavy (non-hydrogen) atoms. The van der Waals surface area contributed by atoms with E-state index in [1.807, 2.05) is 0 Å². The molecule has 0 aromatic heterocycles. The molecule has 2 aromatic carbocycles. The van der Waals surface area contributed by atoms with Gasteiger partial charge in [-0.3, -0.25) is 0 Å². The molecule has 0 bridgehead atoms. The summed E-state index contributed by atoms with van der Waals surface area (Å²) in [7, 11) is 0. The summed E-state index contributed by atoms with van der Waals surface area (Å²) in [4.78, 5) is 0. The molecule has 1 atom stereocenters. The van der Waals surface area contributed by atoms with Gasteiger partial charge in [0.05, 0.1) is 15.6 Å². The molecule has 0 radical (unpaired) electrons. The van der Waals surface area contributed by atoms with Crippen molar-refractivity contribution in [1.82, 2.24) is 5.32 Å². The van der Waals surface area contributed by atoms with Crippen LogP contribution in [0.4, 0.5) is 0 Å². The summed E-state index contributed by atoms with van der Waals surface area (Å²) in [6, 6.07) is 15.4. The molecule has 0 saturated heterocycles. The molecule has 0 unspecified atom stereocenters. The Morgan fingerprint density at radius 1 is 1.04 bits per heavy atom. The molecule has 0 amide bonds. The number of nitrogens with one attached hydrogen (secondary N) is 1. The SMILES string of the molecule is CCCOc1c(Br)cc(CN[C@H](C)CCc2ccccc2)cc1Br. The second-order valence-corrected chi connectivity index (χ2v) is 7.75. The standard InChI is InChI=1S/C20H25Br2NO/c1-3-11-24-20-18(21)12-17(13-19(20)22)14-23-15(2)9-10-16-7-5-4-6-8-16/h4-8,12-13,15,23H,3,9-11,14H2,1-2H3/t15-/m1/s1. The van der Waals surface area contributed by atoms with Crippen LogP contribution in [0.25, 0.3) is 0 Å². The number of hydrogen-bond acceptors (Lipinski definition) is 2. The minimum absolute atomic E-state index is 0.471. The molecule has 0 spiro atoms. The zero-order chi connectivity index (χ0) is 17.4. The molecular formula is C20H25Br2NO. The van der Waals surface area contributed by atoms with Gasteiger partial charge in [0, 0.05) is 12.6 Å². The van der Waals surface area contributed by atoms with Gasteiger partial charge in [0.15, 0.2) is 0 Å². The number of halogens is 2. The van der Waals surface area contributed by atoms with Crippen LogP contribution < -0.4 is 10.1 Å². The van der Waals surface area contributed by atoms with Crippen LogP contribution in [0.2, 0.25) is 0 Å². The summed E-state index contributed by atoms with van der Waals surface area (Å²) in [5, 5.41) is 3.60. The normalized spacial score (nSPS) is 12.2. The summed E-state index contributed by atoms with van der Waals surface area (Å²) in [5.41, 5.74) is 2.64. The van der Waals surface area contributed by atoms with Crippen LogP contribution in [0.1, 0.15) is 37.8 Å². The second-order valence-electron chi connectivity index (χ2n) is 6.04. The van der Waals surface area contributed by atoms with Crippen molar-refractivity contribution in [2.24, 2.45) is 0 Å². The largest absolute Gasteiger partial charge is 0.491 e. The highest BCUT2D eigenvalue weighted by molar-refractivity contribution is 9.11. The van der Waals surface area contributed by atoms with E-state index in [0.717, 1.165) is 47.1 Å². The molecule has 4 heteroatoms. The molecule has 2 aromatic rings. The van der Waals surface area contributed by atoms with Crippen molar-refractivity contribution in [1.29, 1.82) is 0 Å². The summed E-state index contributed by atoms with van der Waals surface area (Å²) in [6.07, 6.45) is 3.23. The van der Waals surface area contributed by atoms with Gasteiger partial charge in [-0.2, -0.15) is 0 Å². The van der Waals surface area contributed by atoms with Crippen LogP contribution in [-0.2, 0) is 13.0 Å². The van der Waals surface area contributed by atoms with E-state index in [4.69, 9.17) is 4.74 Å². The van der Waals surface area contributed by atoms with Crippen LogP contribution in [0.5, 0.6) is 5.75 Å². The van der Waals surface area contributed by atoms with Crippen molar-refractivity contribution in [2.75, 3.05) is 6.61 Å². The number of hydrogen-bond donors (Lipinski definition) is 1. The lowest BCUT2D eigenvalue weighted by molar-refractivity contribution is 0.313. The van der Waals surface area contributed by atoms with Crippen LogP contribution in [-0.4, -0.2) is 12.6 Å². The monoisotopic (exact) mass is 453 g/mol. The Morgan fingerprint density at radius 3 is 2.33 bits per heavy atom. The van der Waals surface area contributed by atoms with Crippen molar-refractivity contribution >= 4 is 31.9 Å². The Kier molecular flexibility index (Phi) is 8.30. The van der Waals surface area contributed by atoms with E-state index in [9.17, 15) is 0 Å². The quantitative estimate of drug-likeness (QED) is 0.493. The number of ether oxygens (including phenoxy) is 1. The molecule has 0 aliphatic rings. The average Bonchev–Trinajstić information content (AvgIpc) is 2.58. The van der Waals surface area contributed by atoms with Gasteiger partial charge < -0.3 is 10.1 Å². The lowest BCUT2D eigenvalue weighted by Crippen LogP contribution is -2.26. The zero-order valence-corrected chi connectivity index (χ0v) is 17.5. The van der Waals surface area contributed by atoms with Gasteiger partial charge in [0.2, 0.25) is 0 Å². The molecule has 1 N–H and O–H groups in total. The second kappa shape index (κ2) is 10.2. The van der Waals surface area contributed by atoms with Crippen LogP contribution in [0, 0.1) is 0 Å². The zero-order valence-electron chi connectivity index (χ0n) is 14.3. The maximum Gasteiger partial charge on any atom is 0.147 e.